The zero-order chi connectivity index (χ0) is 12.5. The second-order valence-electron chi connectivity index (χ2n) is 2.60. The van der Waals surface area contributed by atoms with E-state index in [2.05, 4.69) is 0 Å². The van der Waals surface area contributed by atoms with E-state index in [-0.39, 0.29) is 0 Å². The van der Waals surface area contributed by atoms with Crippen molar-refractivity contribution in [1.29, 1.82) is 0 Å². The first-order valence-corrected chi connectivity index (χ1v) is 4.99. The fourth-order valence-corrected chi connectivity index (χ4v) is 1.62. The highest BCUT2D eigenvalue weighted by molar-refractivity contribution is 7.86. The van der Waals surface area contributed by atoms with E-state index in [1.54, 1.807) is 0 Å². The molecule has 1 aromatic carbocycles. The van der Waals surface area contributed by atoms with Gasteiger partial charge in [-0.1, -0.05) is 0 Å². The number of rotatable bonds is 3. The summed E-state index contributed by atoms with van der Waals surface area (Å²) in [7, 11) is -5.38. The van der Waals surface area contributed by atoms with Gasteiger partial charge in [0.1, 0.15) is 0 Å². The van der Waals surface area contributed by atoms with Gasteiger partial charge in [-0.2, -0.15) is 8.42 Å². The van der Waals surface area contributed by atoms with Gasteiger partial charge in [0.25, 0.3) is 11.4 Å². The SMILES string of the molecule is O=[N+]([O-])c1ccc([N+](=O)[O-])c(S(=O)(=O)F)c1. The first-order chi connectivity index (χ1) is 7.23. The smallest absolute Gasteiger partial charge is 0.258 e. The molecular formula is C6H3FN2O6S. The molecule has 1 rings (SSSR count). The van der Waals surface area contributed by atoms with Crippen LogP contribution in [0.2, 0.25) is 0 Å². The minimum absolute atomic E-state index is 0.299. The van der Waals surface area contributed by atoms with Crippen molar-refractivity contribution in [3.05, 3.63) is 38.4 Å². The molecule has 0 aliphatic carbocycles. The summed E-state index contributed by atoms with van der Waals surface area (Å²) in [6.45, 7) is 0. The summed E-state index contributed by atoms with van der Waals surface area (Å²) < 4.78 is 33.7. The van der Waals surface area contributed by atoms with Crippen LogP contribution in [0.15, 0.2) is 23.1 Å². The summed E-state index contributed by atoms with van der Waals surface area (Å²) in [6, 6.07) is 1.57. The van der Waals surface area contributed by atoms with Crippen molar-refractivity contribution < 1.29 is 22.2 Å². The molecule has 0 bridgehead atoms. The third kappa shape index (κ3) is 2.28. The molecule has 0 N–H and O–H groups in total. The summed E-state index contributed by atoms with van der Waals surface area (Å²) in [5, 5.41) is 20.6. The van der Waals surface area contributed by atoms with Crippen LogP contribution in [0.3, 0.4) is 0 Å². The molecule has 0 saturated carbocycles. The van der Waals surface area contributed by atoms with Gasteiger partial charge in [0.05, 0.1) is 9.85 Å². The van der Waals surface area contributed by atoms with Gasteiger partial charge in [0.2, 0.25) is 0 Å². The van der Waals surface area contributed by atoms with Crippen LogP contribution in [0.25, 0.3) is 0 Å². The predicted molar refractivity (Wildman–Crippen MR) is 48.0 cm³/mol. The molecule has 0 aromatic heterocycles. The Morgan fingerprint density at radius 3 is 2.06 bits per heavy atom. The van der Waals surface area contributed by atoms with Crippen molar-refractivity contribution >= 4 is 21.6 Å². The molecule has 10 heteroatoms. The Balaban J connectivity index is 3.58. The largest absolute Gasteiger partial charge is 0.339 e. The third-order valence-corrected chi connectivity index (χ3v) is 2.47. The van der Waals surface area contributed by atoms with Crippen molar-refractivity contribution in [1.82, 2.24) is 0 Å². The van der Waals surface area contributed by atoms with Crippen molar-refractivity contribution in [2.24, 2.45) is 0 Å². The fraction of sp³-hybridized carbons (Fsp3) is 0. The maximum Gasteiger partial charge on any atom is 0.339 e. The lowest BCUT2D eigenvalue weighted by Gasteiger charge is -1.97. The first kappa shape index (κ1) is 12.0. The Hall–Kier alpha value is -2.10. The van der Waals surface area contributed by atoms with Crippen molar-refractivity contribution in [3.8, 4) is 0 Å². The zero-order valence-electron chi connectivity index (χ0n) is 7.36. The number of non-ortho nitro benzene ring substituents is 1. The second kappa shape index (κ2) is 3.81. The minimum Gasteiger partial charge on any atom is -0.258 e. The van der Waals surface area contributed by atoms with Crippen LogP contribution < -0.4 is 0 Å². The van der Waals surface area contributed by atoms with Crippen LogP contribution in [-0.4, -0.2) is 18.3 Å². The van der Waals surface area contributed by atoms with Crippen LogP contribution in [0, 0.1) is 20.2 Å². The highest BCUT2D eigenvalue weighted by Gasteiger charge is 2.28. The minimum atomic E-state index is -5.38. The predicted octanol–water partition coefficient (Wildman–Crippen LogP) is 1.16. The Bertz CT molecular complexity index is 568. The van der Waals surface area contributed by atoms with E-state index in [4.69, 9.17) is 0 Å². The molecule has 0 amide bonds. The van der Waals surface area contributed by atoms with E-state index < -0.39 is 36.3 Å². The Labute approximate surface area is 87.8 Å². The van der Waals surface area contributed by atoms with Gasteiger partial charge < -0.3 is 0 Å². The summed E-state index contributed by atoms with van der Waals surface area (Å²) in [5.74, 6) is 0. The van der Waals surface area contributed by atoms with Crippen molar-refractivity contribution in [2.45, 2.75) is 4.90 Å². The summed E-state index contributed by atoms with van der Waals surface area (Å²) in [4.78, 5) is 17.2. The van der Waals surface area contributed by atoms with Crippen molar-refractivity contribution in [2.75, 3.05) is 0 Å². The Morgan fingerprint density at radius 2 is 1.69 bits per heavy atom. The van der Waals surface area contributed by atoms with Crippen LogP contribution in [-0.2, 0) is 10.2 Å². The van der Waals surface area contributed by atoms with Gasteiger partial charge in [-0.15, -0.1) is 3.89 Å². The van der Waals surface area contributed by atoms with E-state index in [9.17, 15) is 32.5 Å². The van der Waals surface area contributed by atoms with Crippen LogP contribution >= 0.6 is 0 Å². The van der Waals surface area contributed by atoms with Gasteiger partial charge in [0.15, 0.2) is 4.90 Å². The highest BCUT2D eigenvalue weighted by Crippen LogP contribution is 2.29. The van der Waals surface area contributed by atoms with Crippen LogP contribution in [0.5, 0.6) is 0 Å². The van der Waals surface area contributed by atoms with Crippen LogP contribution in [0.1, 0.15) is 0 Å². The van der Waals surface area contributed by atoms with E-state index in [0.29, 0.717) is 18.2 Å². The topological polar surface area (TPSA) is 120 Å². The molecule has 0 fully saturated rings. The maximum absolute atomic E-state index is 12.6. The lowest BCUT2D eigenvalue weighted by Crippen LogP contribution is -2.01. The quantitative estimate of drug-likeness (QED) is 0.450. The van der Waals surface area contributed by atoms with Crippen LogP contribution in [0.4, 0.5) is 15.3 Å². The molecular weight excluding hydrogens is 247 g/mol. The van der Waals surface area contributed by atoms with Gasteiger partial charge in [-0.05, 0) is 0 Å². The molecule has 0 heterocycles. The molecule has 0 spiro atoms. The molecule has 0 radical (unpaired) electrons. The number of hydrogen-bond donors (Lipinski definition) is 0. The summed E-state index contributed by atoms with van der Waals surface area (Å²) in [5.41, 5.74) is -1.80. The lowest BCUT2D eigenvalue weighted by atomic mass is 10.3. The highest BCUT2D eigenvalue weighted by atomic mass is 32.3. The number of nitro groups is 2. The molecule has 0 saturated heterocycles. The van der Waals surface area contributed by atoms with Gasteiger partial charge in [-0.3, -0.25) is 20.2 Å². The summed E-state index contributed by atoms with van der Waals surface area (Å²) in [6.07, 6.45) is 0. The molecule has 0 aliphatic rings. The normalized spacial score (nSPS) is 11.1. The molecule has 0 unspecified atom stereocenters. The molecule has 8 nitrogen and oxygen atoms in total. The zero-order valence-corrected chi connectivity index (χ0v) is 8.18. The fourth-order valence-electron chi connectivity index (χ4n) is 0.962. The number of benzene rings is 1. The molecule has 0 atom stereocenters. The monoisotopic (exact) mass is 250 g/mol. The lowest BCUT2D eigenvalue weighted by molar-refractivity contribution is -0.391. The maximum atomic E-state index is 12.6. The van der Waals surface area contributed by atoms with Gasteiger partial charge in [-0.25, -0.2) is 0 Å². The van der Waals surface area contributed by atoms with E-state index in [1.165, 1.54) is 0 Å². The summed E-state index contributed by atoms with van der Waals surface area (Å²) >= 11 is 0. The van der Waals surface area contributed by atoms with E-state index >= 15 is 0 Å². The van der Waals surface area contributed by atoms with Gasteiger partial charge in [0, 0.05) is 18.2 Å². The molecule has 86 valence electrons. The Kier molecular flexibility index (Phi) is 2.85. The average molecular weight is 250 g/mol. The first-order valence-electron chi connectivity index (χ1n) is 3.61. The second-order valence-corrected chi connectivity index (χ2v) is 3.92. The van der Waals surface area contributed by atoms with E-state index in [1.807, 2.05) is 0 Å². The Morgan fingerprint density at radius 1 is 1.12 bits per heavy atom. The third-order valence-electron chi connectivity index (χ3n) is 1.61. The standard InChI is InChI=1S/C6H3FN2O6S/c7-16(14,15)6-3-4(8(10)11)1-2-5(6)9(12)13/h1-3H. The molecule has 1 aromatic rings. The molecule has 0 aliphatic heterocycles. The number of nitro benzene ring substituents is 2. The number of halogens is 1. The number of nitrogens with zero attached hydrogens (tertiary/aromatic N) is 2. The number of hydrogen-bond acceptors (Lipinski definition) is 6. The van der Waals surface area contributed by atoms with E-state index in [0.717, 1.165) is 0 Å². The molecule has 16 heavy (non-hydrogen) atoms. The van der Waals surface area contributed by atoms with Crippen molar-refractivity contribution in [3.63, 3.8) is 0 Å². The average Bonchev–Trinajstić information content (AvgIpc) is 2.15. The van der Waals surface area contributed by atoms with Gasteiger partial charge >= 0.3 is 10.2 Å².